The third kappa shape index (κ3) is 7.63. The number of amides is 1. The molecule has 0 unspecified atom stereocenters. The van der Waals surface area contributed by atoms with Gasteiger partial charge in [0.15, 0.2) is 0 Å². The summed E-state index contributed by atoms with van der Waals surface area (Å²) < 4.78 is 13.0. The molecular weight excluding hydrogens is 391 g/mol. The van der Waals surface area contributed by atoms with Gasteiger partial charge in [-0.05, 0) is 49.2 Å². The van der Waals surface area contributed by atoms with Gasteiger partial charge in [0.1, 0.15) is 5.82 Å². The van der Waals surface area contributed by atoms with Gasteiger partial charge in [0.05, 0.1) is 0 Å². The number of carboxylic acid groups (broad SMARTS) is 2. The maximum Gasteiger partial charge on any atom is 0.414 e. The van der Waals surface area contributed by atoms with E-state index in [-0.39, 0.29) is 11.7 Å². The standard InChI is InChI=1S/C20H23FN2O.C2H2O4/c21-19-10-8-18(9-11-19)20(24)23-15-13-22(14-16-23)12-4-7-17-5-2-1-3-6-17;3-1(4)2(5)6/h1-3,5-6,8-11H,4,7,12-16H2;(H,3,4)(H,5,6). The van der Waals surface area contributed by atoms with Crippen molar-refractivity contribution in [1.29, 1.82) is 0 Å². The molecule has 2 N–H and O–H groups in total. The smallest absolute Gasteiger partial charge is 0.414 e. The van der Waals surface area contributed by atoms with Gasteiger partial charge >= 0.3 is 11.9 Å². The van der Waals surface area contributed by atoms with Crippen molar-refractivity contribution in [1.82, 2.24) is 9.80 Å². The second-order valence-corrected chi connectivity index (χ2v) is 6.84. The van der Waals surface area contributed by atoms with Crippen LogP contribution in [0.25, 0.3) is 0 Å². The molecule has 1 saturated heterocycles. The summed E-state index contributed by atoms with van der Waals surface area (Å²) in [4.78, 5) is 34.9. The molecule has 0 saturated carbocycles. The molecule has 1 heterocycles. The van der Waals surface area contributed by atoms with E-state index >= 15 is 0 Å². The molecule has 0 bridgehead atoms. The molecule has 8 heteroatoms. The monoisotopic (exact) mass is 416 g/mol. The number of aliphatic carboxylic acids is 2. The van der Waals surface area contributed by atoms with Gasteiger partial charge in [0.25, 0.3) is 5.91 Å². The zero-order valence-electron chi connectivity index (χ0n) is 16.5. The fraction of sp³-hybridized carbons (Fsp3) is 0.318. The molecule has 0 spiro atoms. The molecule has 2 aromatic rings. The molecule has 1 fully saturated rings. The van der Waals surface area contributed by atoms with Crippen molar-refractivity contribution in [2.24, 2.45) is 0 Å². The van der Waals surface area contributed by atoms with Crippen molar-refractivity contribution < 1.29 is 29.0 Å². The average molecular weight is 416 g/mol. The topological polar surface area (TPSA) is 98.1 Å². The maximum atomic E-state index is 13.0. The molecule has 160 valence electrons. The molecule has 0 atom stereocenters. The molecular formula is C22H25FN2O5. The minimum absolute atomic E-state index is 0.000986. The summed E-state index contributed by atoms with van der Waals surface area (Å²) in [5.74, 6) is -3.96. The van der Waals surface area contributed by atoms with E-state index < -0.39 is 11.9 Å². The Labute approximate surface area is 174 Å². The van der Waals surface area contributed by atoms with Crippen molar-refractivity contribution in [2.75, 3.05) is 32.7 Å². The van der Waals surface area contributed by atoms with Crippen LogP contribution < -0.4 is 0 Å². The molecule has 0 radical (unpaired) electrons. The van der Waals surface area contributed by atoms with Crippen LogP contribution in [-0.2, 0) is 16.0 Å². The summed E-state index contributed by atoms with van der Waals surface area (Å²) in [6.07, 6.45) is 2.23. The molecule has 0 aliphatic carbocycles. The van der Waals surface area contributed by atoms with Crippen LogP contribution in [0.3, 0.4) is 0 Å². The van der Waals surface area contributed by atoms with E-state index in [2.05, 4.69) is 29.2 Å². The predicted octanol–water partition coefficient (Wildman–Crippen LogP) is 2.37. The number of hydrogen-bond acceptors (Lipinski definition) is 4. The highest BCUT2D eigenvalue weighted by Crippen LogP contribution is 2.11. The number of carboxylic acids is 2. The second kappa shape index (κ2) is 11.7. The Morgan fingerprint density at radius 3 is 1.93 bits per heavy atom. The lowest BCUT2D eigenvalue weighted by Crippen LogP contribution is -2.48. The summed E-state index contributed by atoms with van der Waals surface area (Å²) in [5, 5.41) is 14.8. The van der Waals surface area contributed by atoms with Crippen LogP contribution in [-0.4, -0.2) is 70.6 Å². The Kier molecular flexibility index (Phi) is 8.96. The number of halogens is 1. The van der Waals surface area contributed by atoms with Crippen LogP contribution in [0.4, 0.5) is 4.39 Å². The summed E-state index contributed by atoms with van der Waals surface area (Å²) in [6, 6.07) is 16.3. The quantitative estimate of drug-likeness (QED) is 0.727. The van der Waals surface area contributed by atoms with E-state index in [0.29, 0.717) is 5.56 Å². The van der Waals surface area contributed by atoms with E-state index in [1.165, 1.54) is 17.7 Å². The molecule has 1 aliphatic heterocycles. The molecule has 1 amide bonds. The largest absolute Gasteiger partial charge is 0.473 e. The molecule has 7 nitrogen and oxygen atoms in total. The SMILES string of the molecule is O=C(O)C(=O)O.O=C(c1ccc(F)cc1)N1CCN(CCCc2ccccc2)CC1. The first-order valence-electron chi connectivity index (χ1n) is 9.64. The lowest BCUT2D eigenvalue weighted by atomic mass is 10.1. The third-order valence-electron chi connectivity index (χ3n) is 4.72. The highest BCUT2D eigenvalue weighted by molar-refractivity contribution is 6.27. The van der Waals surface area contributed by atoms with Gasteiger partial charge in [-0.2, -0.15) is 0 Å². The zero-order chi connectivity index (χ0) is 21.9. The van der Waals surface area contributed by atoms with Gasteiger partial charge in [-0.25, -0.2) is 14.0 Å². The van der Waals surface area contributed by atoms with Gasteiger partial charge in [-0.15, -0.1) is 0 Å². The first-order valence-corrected chi connectivity index (χ1v) is 9.64. The average Bonchev–Trinajstić information content (AvgIpc) is 2.75. The Morgan fingerprint density at radius 2 is 1.40 bits per heavy atom. The fourth-order valence-corrected chi connectivity index (χ4v) is 3.10. The van der Waals surface area contributed by atoms with Crippen molar-refractivity contribution in [3.63, 3.8) is 0 Å². The van der Waals surface area contributed by atoms with Gasteiger partial charge in [-0.1, -0.05) is 30.3 Å². The summed E-state index contributed by atoms with van der Waals surface area (Å²) in [6.45, 7) is 4.35. The van der Waals surface area contributed by atoms with Crippen molar-refractivity contribution in [3.05, 3.63) is 71.5 Å². The number of benzene rings is 2. The van der Waals surface area contributed by atoms with Crippen LogP contribution in [0.1, 0.15) is 22.3 Å². The number of piperazine rings is 1. The Hall–Kier alpha value is -3.26. The highest BCUT2D eigenvalue weighted by atomic mass is 19.1. The van der Waals surface area contributed by atoms with Gasteiger partial charge in [-0.3, -0.25) is 9.69 Å². The van der Waals surface area contributed by atoms with E-state index in [9.17, 15) is 9.18 Å². The number of aryl methyl sites for hydroxylation is 1. The Morgan fingerprint density at radius 1 is 0.833 bits per heavy atom. The predicted molar refractivity (Wildman–Crippen MR) is 109 cm³/mol. The normalized spacial score (nSPS) is 13.8. The zero-order valence-corrected chi connectivity index (χ0v) is 16.5. The Bertz CT molecular complexity index is 822. The summed E-state index contributed by atoms with van der Waals surface area (Å²) in [5.41, 5.74) is 1.94. The second-order valence-electron chi connectivity index (χ2n) is 6.84. The van der Waals surface area contributed by atoms with E-state index in [1.54, 1.807) is 12.1 Å². The fourth-order valence-electron chi connectivity index (χ4n) is 3.10. The van der Waals surface area contributed by atoms with E-state index in [0.717, 1.165) is 45.6 Å². The first-order chi connectivity index (χ1) is 14.4. The van der Waals surface area contributed by atoms with Crippen LogP contribution in [0.5, 0.6) is 0 Å². The maximum absolute atomic E-state index is 13.0. The van der Waals surface area contributed by atoms with E-state index in [1.807, 2.05) is 11.0 Å². The summed E-state index contributed by atoms with van der Waals surface area (Å²) in [7, 11) is 0. The van der Waals surface area contributed by atoms with Crippen LogP contribution in [0.15, 0.2) is 54.6 Å². The molecule has 30 heavy (non-hydrogen) atoms. The van der Waals surface area contributed by atoms with Crippen molar-refractivity contribution in [2.45, 2.75) is 12.8 Å². The molecule has 0 aromatic heterocycles. The molecule has 2 aromatic carbocycles. The number of carbonyl (C=O) groups excluding carboxylic acids is 1. The third-order valence-corrected chi connectivity index (χ3v) is 4.72. The van der Waals surface area contributed by atoms with Gasteiger partial charge in [0, 0.05) is 31.7 Å². The number of nitrogens with zero attached hydrogens (tertiary/aromatic N) is 2. The van der Waals surface area contributed by atoms with Crippen molar-refractivity contribution in [3.8, 4) is 0 Å². The summed E-state index contributed by atoms with van der Waals surface area (Å²) >= 11 is 0. The highest BCUT2D eigenvalue weighted by Gasteiger charge is 2.21. The molecule has 1 aliphatic rings. The van der Waals surface area contributed by atoms with Gasteiger partial charge in [0.2, 0.25) is 0 Å². The van der Waals surface area contributed by atoms with Gasteiger partial charge < -0.3 is 15.1 Å². The minimum Gasteiger partial charge on any atom is -0.473 e. The van der Waals surface area contributed by atoms with Crippen LogP contribution in [0.2, 0.25) is 0 Å². The Balaban J connectivity index is 0.000000469. The molecule has 3 rings (SSSR count). The first kappa shape index (κ1) is 23.0. The lowest BCUT2D eigenvalue weighted by molar-refractivity contribution is -0.159. The number of rotatable bonds is 5. The van der Waals surface area contributed by atoms with Crippen molar-refractivity contribution >= 4 is 17.8 Å². The number of hydrogen-bond donors (Lipinski definition) is 2. The van der Waals surface area contributed by atoms with Crippen LogP contribution in [0, 0.1) is 5.82 Å². The van der Waals surface area contributed by atoms with Crippen LogP contribution >= 0.6 is 0 Å². The van der Waals surface area contributed by atoms with E-state index in [4.69, 9.17) is 19.8 Å². The lowest BCUT2D eigenvalue weighted by Gasteiger charge is -2.34. The number of carbonyl (C=O) groups is 3. The minimum atomic E-state index is -1.82.